The predicted octanol–water partition coefficient (Wildman–Crippen LogP) is 2.38. The summed E-state index contributed by atoms with van der Waals surface area (Å²) in [7, 11) is 1.86. The number of hydrogen-bond acceptors (Lipinski definition) is 3. The first-order chi connectivity index (χ1) is 14.2. The number of carbonyl (C=O) groups excluding carboxylic acids is 1. The zero-order valence-electron chi connectivity index (χ0n) is 17.3. The van der Waals surface area contributed by atoms with Crippen LogP contribution in [-0.2, 0) is 18.3 Å². The summed E-state index contributed by atoms with van der Waals surface area (Å²) >= 11 is 0. The Hall–Kier alpha value is -2.56. The molecule has 30 heavy (non-hydrogen) atoms. The minimum atomic E-state index is 0. The lowest BCUT2D eigenvalue weighted by molar-refractivity contribution is -0.120. The van der Waals surface area contributed by atoms with Gasteiger partial charge in [0.05, 0.1) is 11.9 Å². The Labute approximate surface area is 193 Å². The van der Waals surface area contributed by atoms with Crippen LogP contribution in [0, 0.1) is 0 Å². The number of hydrogen-bond donors (Lipinski definition) is 2. The number of aliphatic imine (C=N–C) groups is 1. The lowest BCUT2D eigenvalue weighted by Gasteiger charge is -2.35. The highest BCUT2D eigenvalue weighted by Crippen LogP contribution is 2.18. The molecule has 1 aliphatic heterocycles. The number of nitrogens with zero attached hydrogens (tertiary/aromatic N) is 5. The van der Waals surface area contributed by atoms with Gasteiger partial charge in [-0.3, -0.25) is 14.5 Å². The number of piperazine rings is 1. The first kappa shape index (κ1) is 22.1. The Bertz CT molecular complexity index is 1030. The largest absolute Gasteiger partial charge is 0.361 e. The van der Waals surface area contributed by atoms with Gasteiger partial charge in [0.1, 0.15) is 6.54 Å². The highest BCUT2D eigenvalue weighted by atomic mass is 127. The van der Waals surface area contributed by atoms with E-state index in [-0.39, 0.29) is 29.9 Å². The topological polar surface area (TPSA) is 81.6 Å². The Kier molecular flexibility index (Phi) is 7.35. The van der Waals surface area contributed by atoms with E-state index in [0.717, 1.165) is 36.7 Å². The number of fused-ring (bicyclic) bond motifs is 1. The zero-order chi connectivity index (χ0) is 20.2. The summed E-state index contributed by atoms with van der Waals surface area (Å²) in [6.45, 7) is 5.15. The monoisotopic (exact) mass is 521 g/mol. The molecule has 0 atom stereocenters. The van der Waals surface area contributed by atoms with Gasteiger partial charge in [0.2, 0.25) is 5.91 Å². The Morgan fingerprint density at radius 3 is 2.87 bits per heavy atom. The van der Waals surface area contributed by atoms with Gasteiger partial charge in [-0.15, -0.1) is 24.0 Å². The quantitative estimate of drug-likeness (QED) is 0.307. The number of amides is 1. The molecule has 0 spiro atoms. The van der Waals surface area contributed by atoms with Gasteiger partial charge in [0.15, 0.2) is 5.96 Å². The molecule has 1 fully saturated rings. The van der Waals surface area contributed by atoms with Crippen molar-refractivity contribution in [1.29, 1.82) is 0 Å². The highest BCUT2D eigenvalue weighted by molar-refractivity contribution is 14.0. The number of H-pyrrole nitrogens is 1. The van der Waals surface area contributed by atoms with Gasteiger partial charge in [-0.2, -0.15) is 5.10 Å². The number of benzene rings is 1. The number of aromatic amines is 1. The van der Waals surface area contributed by atoms with E-state index in [1.807, 2.05) is 31.1 Å². The van der Waals surface area contributed by atoms with Crippen molar-refractivity contribution in [2.75, 3.05) is 37.6 Å². The number of halogens is 1. The first-order valence-corrected chi connectivity index (χ1v) is 10.0. The lowest BCUT2D eigenvalue weighted by Crippen LogP contribution is -2.55. The SMILES string of the molecule is CCNC(=NCCc1c[nH]c2ccccc12)N1CCN(c2cnn(C)c2)C(=O)C1.I. The fraction of sp³-hybridized carbons (Fsp3) is 0.381. The van der Waals surface area contributed by atoms with Crippen molar-refractivity contribution >= 4 is 52.4 Å². The Morgan fingerprint density at radius 1 is 1.30 bits per heavy atom. The molecule has 3 aromatic rings. The average molecular weight is 521 g/mol. The molecule has 0 saturated carbocycles. The molecule has 2 aromatic heterocycles. The van der Waals surface area contributed by atoms with E-state index in [9.17, 15) is 4.79 Å². The van der Waals surface area contributed by atoms with Crippen LogP contribution in [0.15, 0.2) is 47.8 Å². The second kappa shape index (κ2) is 9.96. The van der Waals surface area contributed by atoms with E-state index in [4.69, 9.17) is 4.99 Å². The van der Waals surface area contributed by atoms with Gasteiger partial charge >= 0.3 is 0 Å². The summed E-state index contributed by atoms with van der Waals surface area (Å²) < 4.78 is 1.71. The maximum atomic E-state index is 12.7. The molecule has 0 bridgehead atoms. The van der Waals surface area contributed by atoms with Crippen molar-refractivity contribution < 1.29 is 4.79 Å². The molecule has 0 unspecified atom stereocenters. The number of guanidine groups is 1. The number of aryl methyl sites for hydroxylation is 1. The van der Waals surface area contributed by atoms with Gasteiger partial charge < -0.3 is 20.1 Å². The van der Waals surface area contributed by atoms with Crippen molar-refractivity contribution in [3.05, 3.63) is 48.4 Å². The third-order valence-electron chi connectivity index (χ3n) is 5.18. The zero-order valence-corrected chi connectivity index (χ0v) is 19.7. The van der Waals surface area contributed by atoms with Crippen molar-refractivity contribution in [2.45, 2.75) is 13.3 Å². The van der Waals surface area contributed by atoms with Crippen LogP contribution in [0.1, 0.15) is 12.5 Å². The minimum Gasteiger partial charge on any atom is -0.361 e. The van der Waals surface area contributed by atoms with Gasteiger partial charge in [0.25, 0.3) is 0 Å². The van der Waals surface area contributed by atoms with E-state index in [1.54, 1.807) is 15.8 Å². The van der Waals surface area contributed by atoms with E-state index in [1.165, 1.54) is 10.9 Å². The lowest BCUT2D eigenvalue weighted by atomic mass is 10.1. The molecular weight excluding hydrogens is 493 g/mol. The van der Waals surface area contributed by atoms with Crippen LogP contribution < -0.4 is 10.2 Å². The number of nitrogens with one attached hydrogen (secondary N) is 2. The third kappa shape index (κ3) is 4.77. The molecule has 1 aliphatic rings. The van der Waals surface area contributed by atoms with Crippen LogP contribution in [0.2, 0.25) is 0 Å². The van der Waals surface area contributed by atoms with Crippen LogP contribution in [-0.4, -0.2) is 64.3 Å². The van der Waals surface area contributed by atoms with Gasteiger partial charge in [0, 0.05) is 56.5 Å². The summed E-state index contributed by atoms with van der Waals surface area (Å²) in [5.41, 5.74) is 3.26. The van der Waals surface area contributed by atoms with Crippen molar-refractivity contribution in [3.8, 4) is 0 Å². The molecule has 160 valence electrons. The standard InChI is InChI=1S/C21H27N7O.HI/c1-3-22-21(23-9-8-16-12-24-19-7-5-4-6-18(16)19)27-10-11-28(20(29)15-27)17-13-25-26(2)14-17;/h4-7,12-14,24H,3,8-11,15H2,1-2H3,(H,22,23);1H. The van der Waals surface area contributed by atoms with E-state index >= 15 is 0 Å². The number of para-hydroxylation sites is 1. The van der Waals surface area contributed by atoms with Crippen LogP contribution in [0.25, 0.3) is 10.9 Å². The molecule has 0 aliphatic carbocycles. The smallest absolute Gasteiger partial charge is 0.246 e. The van der Waals surface area contributed by atoms with Crippen LogP contribution in [0.5, 0.6) is 0 Å². The molecule has 4 rings (SSSR count). The maximum Gasteiger partial charge on any atom is 0.246 e. The minimum absolute atomic E-state index is 0. The second-order valence-electron chi connectivity index (χ2n) is 7.18. The fourth-order valence-electron chi connectivity index (χ4n) is 3.72. The van der Waals surface area contributed by atoms with Crippen LogP contribution in [0.3, 0.4) is 0 Å². The molecule has 3 heterocycles. The predicted molar refractivity (Wildman–Crippen MR) is 131 cm³/mol. The van der Waals surface area contributed by atoms with Crippen LogP contribution >= 0.6 is 24.0 Å². The van der Waals surface area contributed by atoms with Gasteiger partial charge in [-0.05, 0) is 25.0 Å². The normalized spacial score (nSPS) is 14.9. The second-order valence-corrected chi connectivity index (χ2v) is 7.18. The maximum absolute atomic E-state index is 12.7. The summed E-state index contributed by atoms with van der Waals surface area (Å²) in [5.74, 6) is 0.859. The van der Waals surface area contributed by atoms with Crippen molar-refractivity contribution in [2.24, 2.45) is 12.0 Å². The number of rotatable bonds is 5. The van der Waals surface area contributed by atoms with Gasteiger partial charge in [-0.25, -0.2) is 0 Å². The highest BCUT2D eigenvalue weighted by Gasteiger charge is 2.27. The Balaban J connectivity index is 0.00000256. The number of anilines is 1. The molecule has 8 nitrogen and oxygen atoms in total. The molecular formula is C21H28IN7O. The van der Waals surface area contributed by atoms with E-state index < -0.39 is 0 Å². The summed E-state index contributed by atoms with van der Waals surface area (Å²) in [5, 5.41) is 8.74. The summed E-state index contributed by atoms with van der Waals surface area (Å²) in [4.78, 5) is 24.6. The molecule has 1 aromatic carbocycles. The van der Waals surface area contributed by atoms with Crippen LogP contribution in [0.4, 0.5) is 5.69 Å². The van der Waals surface area contributed by atoms with Gasteiger partial charge in [-0.1, -0.05) is 18.2 Å². The third-order valence-corrected chi connectivity index (χ3v) is 5.18. The van der Waals surface area contributed by atoms with E-state index in [0.29, 0.717) is 19.6 Å². The first-order valence-electron chi connectivity index (χ1n) is 10.0. The van der Waals surface area contributed by atoms with E-state index in [2.05, 4.69) is 39.8 Å². The van der Waals surface area contributed by atoms with Crippen molar-refractivity contribution in [3.63, 3.8) is 0 Å². The summed E-state index contributed by atoms with van der Waals surface area (Å²) in [6, 6.07) is 8.30. The average Bonchev–Trinajstić information content (AvgIpc) is 3.34. The molecule has 2 N–H and O–H groups in total. The number of aromatic nitrogens is 3. The molecule has 1 saturated heterocycles. The molecule has 9 heteroatoms. The Morgan fingerprint density at radius 2 is 2.13 bits per heavy atom. The van der Waals surface area contributed by atoms with Crippen molar-refractivity contribution in [1.82, 2.24) is 25.0 Å². The summed E-state index contributed by atoms with van der Waals surface area (Å²) in [6.07, 6.45) is 6.51. The molecule has 1 amide bonds. The number of carbonyl (C=O) groups is 1. The fourth-order valence-corrected chi connectivity index (χ4v) is 3.72. The molecule has 0 radical (unpaired) electrons.